The number of piperazine rings is 1. The molecule has 33 heavy (non-hydrogen) atoms. The number of hydrogen-bond acceptors (Lipinski definition) is 6. The van der Waals surface area contributed by atoms with Crippen LogP contribution >= 0.6 is 11.3 Å². The van der Waals surface area contributed by atoms with Gasteiger partial charge in [0, 0.05) is 42.8 Å². The largest absolute Gasteiger partial charge is 0.508 e. The molecule has 170 valence electrons. The summed E-state index contributed by atoms with van der Waals surface area (Å²) in [5.41, 5.74) is 0.861. The van der Waals surface area contributed by atoms with Gasteiger partial charge in [0.05, 0.1) is 4.88 Å². The lowest BCUT2D eigenvalue weighted by atomic mass is 10.1. The number of benzene rings is 3. The molecule has 1 saturated heterocycles. The first-order chi connectivity index (χ1) is 16.2. The van der Waals surface area contributed by atoms with E-state index in [4.69, 9.17) is 9.47 Å². The summed E-state index contributed by atoms with van der Waals surface area (Å²) in [5, 5.41) is 14.2. The summed E-state index contributed by atoms with van der Waals surface area (Å²) >= 11 is 1.50. The molecule has 1 aliphatic heterocycles. The van der Waals surface area contributed by atoms with E-state index in [1.54, 1.807) is 24.3 Å². The highest BCUT2D eigenvalue weighted by molar-refractivity contribution is 7.22. The van der Waals surface area contributed by atoms with Gasteiger partial charge in [0.15, 0.2) is 5.75 Å². The molecule has 2 N–H and O–H groups in total. The molecule has 5 rings (SSSR count). The zero-order valence-corrected chi connectivity index (χ0v) is 18.9. The lowest BCUT2D eigenvalue weighted by molar-refractivity contribution is 0.191. The van der Waals surface area contributed by atoms with E-state index >= 15 is 0 Å². The van der Waals surface area contributed by atoms with Gasteiger partial charge in [0.25, 0.3) is 0 Å². The van der Waals surface area contributed by atoms with Crippen molar-refractivity contribution in [3.05, 3.63) is 72.5 Å². The smallest absolute Gasteiger partial charge is 0.153 e. The van der Waals surface area contributed by atoms with Crippen molar-refractivity contribution in [2.24, 2.45) is 0 Å². The maximum atomic E-state index is 13.5. The molecule has 3 aromatic carbocycles. The zero-order valence-electron chi connectivity index (χ0n) is 18.1. The number of rotatable bonds is 7. The lowest BCUT2D eigenvalue weighted by Crippen LogP contribution is -2.44. The van der Waals surface area contributed by atoms with Crippen LogP contribution in [0.1, 0.15) is 0 Å². The van der Waals surface area contributed by atoms with Gasteiger partial charge in [-0.15, -0.1) is 11.3 Å². The monoisotopic (exact) mass is 464 g/mol. The van der Waals surface area contributed by atoms with E-state index in [9.17, 15) is 9.50 Å². The summed E-state index contributed by atoms with van der Waals surface area (Å²) in [5.74, 6) is 2.08. The molecule has 5 nitrogen and oxygen atoms in total. The van der Waals surface area contributed by atoms with Crippen LogP contribution in [0, 0.1) is 5.82 Å². The fraction of sp³-hybridized carbons (Fsp3) is 0.231. The van der Waals surface area contributed by atoms with Gasteiger partial charge in [-0.1, -0.05) is 12.1 Å². The van der Waals surface area contributed by atoms with Crippen molar-refractivity contribution in [1.29, 1.82) is 0 Å². The highest BCUT2D eigenvalue weighted by Gasteiger charge is 2.17. The van der Waals surface area contributed by atoms with Crippen molar-refractivity contribution < 1.29 is 19.0 Å². The molecule has 1 aromatic heterocycles. The first-order valence-electron chi connectivity index (χ1n) is 11.0. The molecule has 1 aliphatic rings. The molecule has 0 amide bonds. The number of hydrogen-bond donors (Lipinski definition) is 2. The van der Waals surface area contributed by atoms with Crippen molar-refractivity contribution in [3.63, 3.8) is 0 Å². The minimum Gasteiger partial charge on any atom is -0.508 e. The summed E-state index contributed by atoms with van der Waals surface area (Å²) in [4.78, 5) is 3.27. The molecule has 0 bridgehead atoms. The summed E-state index contributed by atoms with van der Waals surface area (Å²) in [6.45, 7) is 5.73. The normalized spacial score (nSPS) is 14.5. The number of nitrogens with zero attached hydrogens (tertiary/aromatic N) is 1. The molecule has 0 aliphatic carbocycles. The van der Waals surface area contributed by atoms with Crippen molar-refractivity contribution >= 4 is 21.4 Å². The number of fused-ring (bicyclic) bond motifs is 1. The molecular weight excluding hydrogens is 439 g/mol. The van der Waals surface area contributed by atoms with E-state index < -0.39 is 0 Å². The second-order valence-electron chi connectivity index (χ2n) is 7.96. The summed E-state index contributed by atoms with van der Waals surface area (Å²) in [6, 6.07) is 19.1. The maximum Gasteiger partial charge on any atom is 0.153 e. The molecule has 2 heterocycles. The lowest BCUT2D eigenvalue weighted by Gasteiger charge is -2.26. The predicted molar refractivity (Wildman–Crippen MR) is 130 cm³/mol. The topological polar surface area (TPSA) is 54.0 Å². The number of phenolic OH excluding ortho intramolecular Hbond substituents is 1. The fourth-order valence-corrected chi connectivity index (χ4v) is 5.07. The average molecular weight is 465 g/mol. The molecule has 0 unspecified atom stereocenters. The second-order valence-corrected chi connectivity index (χ2v) is 9.01. The van der Waals surface area contributed by atoms with Gasteiger partial charge in [0.2, 0.25) is 0 Å². The Morgan fingerprint density at radius 3 is 2.42 bits per heavy atom. The molecule has 4 aromatic rings. The number of ether oxygens (including phenoxy) is 2. The molecule has 0 saturated carbocycles. The molecule has 0 radical (unpaired) electrons. The first kappa shape index (κ1) is 21.7. The summed E-state index contributed by atoms with van der Waals surface area (Å²) in [6.07, 6.45) is 0. The highest BCUT2D eigenvalue weighted by Crippen LogP contribution is 2.47. The van der Waals surface area contributed by atoms with E-state index in [1.165, 1.54) is 23.5 Å². The molecular formula is C26H25FN2O3S. The fourth-order valence-electron chi connectivity index (χ4n) is 3.90. The molecule has 7 heteroatoms. The molecule has 0 atom stereocenters. The van der Waals surface area contributed by atoms with Gasteiger partial charge in [-0.3, -0.25) is 4.90 Å². The van der Waals surface area contributed by atoms with E-state index in [-0.39, 0.29) is 11.6 Å². The van der Waals surface area contributed by atoms with Crippen LogP contribution in [0.5, 0.6) is 23.0 Å². The first-order valence-corrected chi connectivity index (χ1v) is 11.8. The van der Waals surface area contributed by atoms with Gasteiger partial charge in [-0.2, -0.15) is 0 Å². The summed E-state index contributed by atoms with van der Waals surface area (Å²) in [7, 11) is 0. The second kappa shape index (κ2) is 9.79. The third-order valence-electron chi connectivity index (χ3n) is 5.66. The van der Waals surface area contributed by atoms with Crippen LogP contribution < -0.4 is 14.8 Å². The minimum absolute atomic E-state index is 0.197. The van der Waals surface area contributed by atoms with Crippen LogP contribution in [-0.2, 0) is 0 Å². The van der Waals surface area contributed by atoms with E-state index in [0.29, 0.717) is 18.1 Å². The predicted octanol–water partition coefficient (Wildman–Crippen LogP) is 5.49. The Bertz CT molecular complexity index is 1220. The SMILES string of the molecule is Oc1ccc2c(Oc3ccc(OCCN4CCNCC4)cc3)c(-c3ccc(F)cc3)sc2c1. The Morgan fingerprint density at radius 2 is 1.67 bits per heavy atom. The third-order valence-corrected chi connectivity index (χ3v) is 6.85. The van der Waals surface area contributed by atoms with Gasteiger partial charge in [0.1, 0.15) is 29.7 Å². The number of halogens is 1. The Morgan fingerprint density at radius 1 is 0.939 bits per heavy atom. The van der Waals surface area contributed by atoms with Gasteiger partial charge in [-0.05, 0) is 60.2 Å². The number of aromatic hydroxyl groups is 1. The van der Waals surface area contributed by atoms with E-state index in [0.717, 1.165) is 59.0 Å². The number of thiophene rings is 1. The van der Waals surface area contributed by atoms with Gasteiger partial charge < -0.3 is 19.9 Å². The van der Waals surface area contributed by atoms with Crippen LogP contribution in [0.3, 0.4) is 0 Å². The van der Waals surface area contributed by atoms with Crippen molar-refractivity contribution in [1.82, 2.24) is 10.2 Å². The Kier molecular flexibility index (Phi) is 6.44. The van der Waals surface area contributed by atoms with Crippen LogP contribution in [-0.4, -0.2) is 49.3 Å². The van der Waals surface area contributed by atoms with Crippen molar-refractivity contribution in [2.75, 3.05) is 39.3 Å². The zero-order chi connectivity index (χ0) is 22.6. The van der Waals surface area contributed by atoms with Crippen molar-refractivity contribution in [2.45, 2.75) is 0 Å². The van der Waals surface area contributed by atoms with Crippen LogP contribution in [0.4, 0.5) is 4.39 Å². The highest BCUT2D eigenvalue weighted by atomic mass is 32.1. The van der Waals surface area contributed by atoms with E-state index in [1.807, 2.05) is 30.3 Å². The third kappa shape index (κ3) is 5.11. The van der Waals surface area contributed by atoms with Crippen LogP contribution in [0.25, 0.3) is 20.5 Å². The van der Waals surface area contributed by atoms with E-state index in [2.05, 4.69) is 10.2 Å². The van der Waals surface area contributed by atoms with Crippen LogP contribution in [0.15, 0.2) is 66.7 Å². The minimum atomic E-state index is -0.285. The molecule has 0 spiro atoms. The number of phenols is 1. The maximum absolute atomic E-state index is 13.5. The van der Waals surface area contributed by atoms with Crippen molar-refractivity contribution in [3.8, 4) is 33.4 Å². The molecule has 1 fully saturated rings. The Hall–Kier alpha value is -3.13. The Balaban J connectivity index is 1.33. The van der Waals surface area contributed by atoms with Gasteiger partial charge >= 0.3 is 0 Å². The summed E-state index contributed by atoms with van der Waals surface area (Å²) < 4.78 is 26.6. The quantitative estimate of drug-likeness (QED) is 0.379. The van der Waals surface area contributed by atoms with Gasteiger partial charge in [-0.25, -0.2) is 4.39 Å². The average Bonchev–Trinajstić information content (AvgIpc) is 3.18. The number of nitrogens with one attached hydrogen (secondary N) is 1. The standard InChI is InChI=1S/C26H25FN2O3S/c27-19-3-1-18(2-4-19)26-25(23-10-5-20(30)17-24(23)33-26)32-22-8-6-21(7-9-22)31-16-15-29-13-11-28-12-14-29/h1-10,17,28,30H,11-16H2. The van der Waals surface area contributed by atoms with Crippen LogP contribution in [0.2, 0.25) is 0 Å². The Labute approximate surface area is 196 Å².